The monoisotopic (exact) mass is 445 g/mol. The second-order valence-electron chi connectivity index (χ2n) is 8.45. The summed E-state index contributed by atoms with van der Waals surface area (Å²) in [6, 6.07) is 17.7. The Bertz CT molecular complexity index is 1460. The van der Waals surface area contributed by atoms with Crippen molar-refractivity contribution in [3.63, 3.8) is 0 Å². The number of benzene rings is 2. The van der Waals surface area contributed by atoms with E-state index in [0.29, 0.717) is 17.5 Å². The molecule has 0 fully saturated rings. The Morgan fingerprint density at radius 3 is 2.48 bits per heavy atom. The Hall–Kier alpha value is -3.58. The van der Waals surface area contributed by atoms with Crippen molar-refractivity contribution in [3.8, 4) is 17.0 Å². The first-order valence-electron chi connectivity index (χ1n) is 11.1. The third kappa shape index (κ3) is 3.15. The fourth-order valence-electron chi connectivity index (χ4n) is 4.94. The van der Waals surface area contributed by atoms with Crippen molar-refractivity contribution in [2.24, 2.45) is 14.1 Å². The number of nitrogens with zero attached hydrogens (tertiary/aromatic N) is 3. The van der Waals surface area contributed by atoms with Crippen LogP contribution in [0.3, 0.4) is 0 Å². The van der Waals surface area contributed by atoms with E-state index in [4.69, 9.17) is 9.47 Å². The van der Waals surface area contributed by atoms with E-state index < -0.39 is 6.10 Å². The fraction of sp³-hybridized carbons (Fsp3) is 0.308. The van der Waals surface area contributed by atoms with Gasteiger partial charge in [0.25, 0.3) is 5.56 Å². The lowest BCUT2D eigenvalue weighted by atomic mass is 10.0. The van der Waals surface area contributed by atoms with Crippen LogP contribution in [-0.2, 0) is 18.8 Å². The number of rotatable bonds is 4. The van der Waals surface area contributed by atoms with Gasteiger partial charge in [-0.05, 0) is 29.7 Å². The minimum Gasteiger partial charge on any atom is -0.497 e. The Morgan fingerprint density at radius 2 is 1.79 bits per heavy atom. The van der Waals surface area contributed by atoms with Crippen LogP contribution in [0.2, 0.25) is 0 Å². The van der Waals surface area contributed by atoms with Crippen LogP contribution in [0.4, 0.5) is 0 Å². The van der Waals surface area contributed by atoms with Crippen molar-refractivity contribution < 1.29 is 9.47 Å². The summed E-state index contributed by atoms with van der Waals surface area (Å²) in [5, 5.41) is 0.539. The van der Waals surface area contributed by atoms with Gasteiger partial charge >= 0.3 is 5.69 Å². The summed E-state index contributed by atoms with van der Waals surface area (Å²) in [5.74, 6) is 0.726. The fourth-order valence-corrected chi connectivity index (χ4v) is 4.94. The van der Waals surface area contributed by atoms with Crippen LogP contribution in [0.5, 0.6) is 5.75 Å². The molecule has 0 spiro atoms. The molecule has 0 radical (unpaired) electrons. The van der Waals surface area contributed by atoms with E-state index in [1.54, 1.807) is 18.7 Å². The number of aryl methyl sites for hydroxylation is 1. The molecule has 0 saturated carbocycles. The second-order valence-corrected chi connectivity index (χ2v) is 8.45. The van der Waals surface area contributed by atoms with Gasteiger partial charge in [0.2, 0.25) is 0 Å². The molecule has 170 valence electrons. The zero-order valence-electron chi connectivity index (χ0n) is 19.2. The summed E-state index contributed by atoms with van der Waals surface area (Å²) >= 11 is 0. The lowest BCUT2D eigenvalue weighted by Crippen LogP contribution is -2.37. The molecule has 3 heterocycles. The highest BCUT2D eigenvalue weighted by atomic mass is 16.5. The largest absolute Gasteiger partial charge is 0.497 e. The quantitative estimate of drug-likeness (QED) is 0.479. The van der Waals surface area contributed by atoms with Crippen LogP contribution in [-0.4, -0.2) is 27.4 Å². The van der Waals surface area contributed by atoms with E-state index in [9.17, 15) is 9.59 Å². The molecule has 33 heavy (non-hydrogen) atoms. The Morgan fingerprint density at radius 1 is 1.03 bits per heavy atom. The Kier molecular flexibility index (Phi) is 5.21. The summed E-state index contributed by atoms with van der Waals surface area (Å²) in [5.41, 5.74) is 3.48. The van der Waals surface area contributed by atoms with Crippen LogP contribution in [0, 0.1) is 0 Å². The van der Waals surface area contributed by atoms with Gasteiger partial charge in [-0.15, -0.1) is 0 Å². The smallest absolute Gasteiger partial charge is 0.331 e. The summed E-state index contributed by atoms with van der Waals surface area (Å²) < 4.78 is 16.8. The molecule has 0 amide bonds. The predicted molar refractivity (Wildman–Crippen MR) is 128 cm³/mol. The number of ether oxygens (including phenoxy) is 2. The molecular weight excluding hydrogens is 418 g/mol. The van der Waals surface area contributed by atoms with E-state index >= 15 is 0 Å². The van der Waals surface area contributed by atoms with Gasteiger partial charge in [0.05, 0.1) is 42.0 Å². The summed E-state index contributed by atoms with van der Waals surface area (Å²) in [6.07, 6.45) is 0.382. The molecule has 1 aliphatic heterocycles. The van der Waals surface area contributed by atoms with Crippen LogP contribution in [0.15, 0.2) is 64.2 Å². The summed E-state index contributed by atoms with van der Waals surface area (Å²) in [7, 11) is 4.88. The van der Waals surface area contributed by atoms with Gasteiger partial charge in [-0.25, -0.2) is 4.79 Å². The molecule has 2 atom stereocenters. The maximum absolute atomic E-state index is 13.5. The van der Waals surface area contributed by atoms with Crippen molar-refractivity contribution in [1.82, 2.24) is 13.7 Å². The molecule has 2 aromatic carbocycles. The molecule has 0 N–H and O–H groups in total. The lowest BCUT2D eigenvalue weighted by molar-refractivity contribution is 0.0237. The van der Waals surface area contributed by atoms with Crippen LogP contribution in [0.1, 0.15) is 36.7 Å². The molecule has 4 aromatic rings. The van der Waals surface area contributed by atoms with Crippen molar-refractivity contribution in [3.05, 3.63) is 86.7 Å². The topological polar surface area (TPSA) is 67.4 Å². The summed E-state index contributed by atoms with van der Waals surface area (Å²) in [6.45, 7) is 2.61. The van der Waals surface area contributed by atoms with Crippen molar-refractivity contribution >= 4 is 10.9 Å². The number of fused-ring (bicyclic) bond motifs is 3. The molecule has 7 heteroatoms. The maximum Gasteiger partial charge on any atom is 0.331 e. The molecular formula is C26H27N3O4. The average Bonchev–Trinajstić information content (AvgIpc) is 3.22. The first-order chi connectivity index (χ1) is 16.0. The Balaban J connectivity index is 1.97. The molecule has 2 aromatic heterocycles. The molecule has 0 aliphatic carbocycles. The maximum atomic E-state index is 13.5. The van der Waals surface area contributed by atoms with E-state index in [0.717, 1.165) is 34.7 Å². The third-order valence-corrected chi connectivity index (χ3v) is 6.63. The standard InChI is InChI=1S/C26H27N3O4/c1-5-18-15-33-24(17-12-9-13-19(14-17)32-4)23-22-20(25(30)28(3)26(31)27(22)2)21(29(18)23)16-10-7-6-8-11-16/h6-14,18,24H,5,15H2,1-4H3. The summed E-state index contributed by atoms with van der Waals surface area (Å²) in [4.78, 5) is 26.5. The van der Waals surface area contributed by atoms with Gasteiger partial charge in [-0.2, -0.15) is 0 Å². The van der Waals surface area contributed by atoms with Gasteiger partial charge in [0.1, 0.15) is 11.9 Å². The lowest BCUT2D eigenvalue weighted by Gasteiger charge is -2.33. The number of hydrogen-bond acceptors (Lipinski definition) is 4. The average molecular weight is 446 g/mol. The van der Waals surface area contributed by atoms with Crippen LogP contribution >= 0.6 is 0 Å². The number of hydrogen-bond donors (Lipinski definition) is 0. The van der Waals surface area contributed by atoms with E-state index in [1.807, 2.05) is 54.6 Å². The van der Waals surface area contributed by atoms with E-state index in [2.05, 4.69) is 11.5 Å². The van der Waals surface area contributed by atoms with Gasteiger partial charge in [0, 0.05) is 14.1 Å². The number of methoxy groups -OCH3 is 1. The second kappa shape index (κ2) is 8.08. The van der Waals surface area contributed by atoms with Gasteiger partial charge in [0.15, 0.2) is 0 Å². The molecule has 0 saturated heterocycles. The highest BCUT2D eigenvalue weighted by molar-refractivity contribution is 5.96. The van der Waals surface area contributed by atoms with Crippen molar-refractivity contribution in [2.75, 3.05) is 13.7 Å². The normalized spacial score (nSPS) is 17.8. The minimum atomic E-state index is -0.444. The highest BCUT2D eigenvalue weighted by Gasteiger charge is 2.36. The van der Waals surface area contributed by atoms with Gasteiger partial charge in [-0.3, -0.25) is 13.9 Å². The third-order valence-electron chi connectivity index (χ3n) is 6.63. The first kappa shape index (κ1) is 21.3. The molecule has 7 nitrogen and oxygen atoms in total. The molecule has 5 rings (SSSR count). The zero-order chi connectivity index (χ0) is 23.3. The number of aromatic nitrogens is 3. The zero-order valence-corrected chi connectivity index (χ0v) is 19.2. The highest BCUT2D eigenvalue weighted by Crippen LogP contribution is 2.44. The molecule has 0 bridgehead atoms. The molecule has 1 aliphatic rings. The van der Waals surface area contributed by atoms with E-state index in [1.165, 1.54) is 11.6 Å². The van der Waals surface area contributed by atoms with Crippen LogP contribution in [0.25, 0.3) is 22.2 Å². The Labute approximate surface area is 191 Å². The SMILES string of the molecule is CCC1COC(c2cccc(OC)c2)c2c3c(c(-c4ccccc4)n21)c(=O)n(C)c(=O)n3C. The molecule has 2 unspecified atom stereocenters. The van der Waals surface area contributed by atoms with Crippen molar-refractivity contribution in [2.45, 2.75) is 25.5 Å². The minimum absolute atomic E-state index is 0.0317. The predicted octanol–water partition coefficient (Wildman–Crippen LogP) is 3.79. The van der Waals surface area contributed by atoms with Crippen LogP contribution < -0.4 is 16.0 Å². The van der Waals surface area contributed by atoms with Crippen molar-refractivity contribution in [1.29, 1.82) is 0 Å². The first-order valence-corrected chi connectivity index (χ1v) is 11.1. The van der Waals surface area contributed by atoms with Gasteiger partial charge < -0.3 is 14.0 Å². The van der Waals surface area contributed by atoms with E-state index in [-0.39, 0.29) is 17.3 Å². The van der Waals surface area contributed by atoms with Gasteiger partial charge in [-0.1, -0.05) is 49.4 Å².